The van der Waals surface area contributed by atoms with Crippen molar-refractivity contribution in [1.29, 1.82) is 0 Å². The zero-order valence-corrected chi connectivity index (χ0v) is 15.8. The maximum Gasteiger partial charge on any atom is 0.258 e. The van der Waals surface area contributed by atoms with E-state index in [4.69, 9.17) is 4.43 Å². The van der Waals surface area contributed by atoms with Crippen molar-refractivity contribution < 1.29 is 4.43 Å². The number of halogens is 1. The minimum atomic E-state index is -1.83. The smallest absolute Gasteiger partial charge is 0.258 e. The normalized spacial score (nSPS) is 12.6. The lowest BCUT2D eigenvalue weighted by molar-refractivity contribution is 0.477. The van der Waals surface area contributed by atoms with Crippen molar-refractivity contribution in [3.05, 3.63) is 28.2 Å². The minimum absolute atomic E-state index is 0.607. The SMILES string of the molecule is Cc1cc(Br)ccc1O[Si](C(C)C)(C(C)C)C(C)C. The van der Waals surface area contributed by atoms with Gasteiger partial charge in [-0.1, -0.05) is 57.5 Å². The Balaban J connectivity index is 3.21. The van der Waals surface area contributed by atoms with Crippen LogP contribution in [-0.4, -0.2) is 8.32 Å². The van der Waals surface area contributed by atoms with E-state index in [0.29, 0.717) is 16.6 Å². The molecule has 3 heteroatoms. The highest BCUT2D eigenvalue weighted by molar-refractivity contribution is 9.10. The topological polar surface area (TPSA) is 9.23 Å². The molecule has 0 radical (unpaired) electrons. The van der Waals surface area contributed by atoms with Crippen LogP contribution in [0, 0.1) is 6.92 Å². The Morgan fingerprint density at radius 1 is 0.947 bits per heavy atom. The van der Waals surface area contributed by atoms with E-state index in [1.165, 1.54) is 5.56 Å². The Morgan fingerprint density at radius 3 is 1.79 bits per heavy atom. The maximum absolute atomic E-state index is 6.69. The summed E-state index contributed by atoms with van der Waals surface area (Å²) in [5.74, 6) is 1.06. The Morgan fingerprint density at radius 2 is 1.42 bits per heavy atom. The van der Waals surface area contributed by atoms with Crippen molar-refractivity contribution in [1.82, 2.24) is 0 Å². The first-order valence-corrected chi connectivity index (χ1v) is 10.1. The molecule has 0 fully saturated rings. The Bertz CT molecular complexity index is 405. The van der Waals surface area contributed by atoms with Crippen LogP contribution in [-0.2, 0) is 0 Å². The van der Waals surface area contributed by atoms with Crippen molar-refractivity contribution in [3.8, 4) is 5.75 Å². The fourth-order valence-corrected chi connectivity index (χ4v) is 9.06. The summed E-state index contributed by atoms with van der Waals surface area (Å²) in [5, 5.41) is 0. The summed E-state index contributed by atoms with van der Waals surface area (Å²) >= 11 is 3.52. The number of hydrogen-bond acceptors (Lipinski definition) is 1. The molecule has 0 amide bonds. The van der Waals surface area contributed by atoms with Gasteiger partial charge in [0.15, 0.2) is 0 Å². The quantitative estimate of drug-likeness (QED) is 0.569. The molecule has 19 heavy (non-hydrogen) atoms. The molecule has 0 saturated carbocycles. The van der Waals surface area contributed by atoms with Gasteiger partial charge in [-0.25, -0.2) is 0 Å². The Hall–Kier alpha value is -0.283. The Labute approximate surface area is 128 Å². The van der Waals surface area contributed by atoms with Gasteiger partial charge in [0.2, 0.25) is 0 Å². The number of hydrogen-bond donors (Lipinski definition) is 0. The molecule has 0 N–H and O–H groups in total. The third-order valence-electron chi connectivity index (χ3n) is 4.13. The molecule has 1 aromatic rings. The summed E-state index contributed by atoms with van der Waals surface area (Å²) in [4.78, 5) is 0. The molecule has 1 rings (SSSR count). The van der Waals surface area contributed by atoms with Crippen molar-refractivity contribution in [2.24, 2.45) is 0 Å². The van der Waals surface area contributed by atoms with Gasteiger partial charge in [-0.15, -0.1) is 0 Å². The van der Waals surface area contributed by atoms with Crippen LogP contribution >= 0.6 is 15.9 Å². The lowest BCUT2D eigenvalue weighted by atomic mass is 10.2. The first-order valence-electron chi connectivity index (χ1n) is 7.17. The van der Waals surface area contributed by atoms with E-state index in [1.54, 1.807) is 0 Å². The van der Waals surface area contributed by atoms with Gasteiger partial charge in [0.25, 0.3) is 8.32 Å². The number of aryl methyl sites for hydroxylation is 1. The van der Waals surface area contributed by atoms with Crippen LogP contribution < -0.4 is 4.43 Å². The maximum atomic E-state index is 6.69. The fraction of sp³-hybridized carbons (Fsp3) is 0.625. The van der Waals surface area contributed by atoms with Crippen LogP contribution in [0.4, 0.5) is 0 Å². The largest absolute Gasteiger partial charge is 0.543 e. The fourth-order valence-electron chi connectivity index (χ4n) is 3.27. The first-order chi connectivity index (χ1) is 8.71. The third kappa shape index (κ3) is 3.43. The molecule has 1 aromatic carbocycles. The van der Waals surface area contributed by atoms with Crippen molar-refractivity contribution in [2.45, 2.75) is 65.1 Å². The predicted molar refractivity (Wildman–Crippen MR) is 90.6 cm³/mol. The van der Waals surface area contributed by atoms with E-state index < -0.39 is 8.32 Å². The van der Waals surface area contributed by atoms with Crippen LogP contribution in [0.5, 0.6) is 5.75 Å². The van der Waals surface area contributed by atoms with E-state index >= 15 is 0 Å². The molecule has 0 aromatic heterocycles. The number of rotatable bonds is 5. The molecule has 0 bridgehead atoms. The monoisotopic (exact) mass is 342 g/mol. The second-order valence-electron chi connectivity index (χ2n) is 6.33. The van der Waals surface area contributed by atoms with Gasteiger partial charge >= 0.3 is 0 Å². The van der Waals surface area contributed by atoms with Gasteiger partial charge in [-0.3, -0.25) is 0 Å². The summed E-state index contributed by atoms with van der Waals surface area (Å²) in [6, 6.07) is 6.31. The summed E-state index contributed by atoms with van der Waals surface area (Å²) < 4.78 is 7.80. The van der Waals surface area contributed by atoms with Crippen LogP contribution in [0.3, 0.4) is 0 Å². The molecule has 1 nitrogen and oxygen atoms in total. The zero-order chi connectivity index (χ0) is 14.8. The third-order valence-corrected chi connectivity index (χ3v) is 10.6. The van der Waals surface area contributed by atoms with E-state index in [1.807, 2.05) is 0 Å². The van der Waals surface area contributed by atoms with Crippen molar-refractivity contribution in [3.63, 3.8) is 0 Å². The second kappa shape index (κ2) is 6.44. The van der Waals surface area contributed by atoms with Crippen molar-refractivity contribution in [2.75, 3.05) is 0 Å². The van der Waals surface area contributed by atoms with Gasteiger partial charge in [0.05, 0.1) is 0 Å². The molecule has 0 atom stereocenters. The van der Waals surface area contributed by atoms with Crippen LogP contribution in [0.15, 0.2) is 22.7 Å². The molecule has 0 spiro atoms. The van der Waals surface area contributed by atoms with Gasteiger partial charge in [0.1, 0.15) is 5.75 Å². The lowest BCUT2D eigenvalue weighted by Crippen LogP contribution is -2.50. The lowest BCUT2D eigenvalue weighted by Gasteiger charge is -2.42. The average Bonchev–Trinajstić information content (AvgIpc) is 2.26. The average molecular weight is 343 g/mol. The zero-order valence-electron chi connectivity index (χ0n) is 13.3. The van der Waals surface area contributed by atoms with Gasteiger partial charge < -0.3 is 4.43 Å². The Kier molecular flexibility index (Phi) is 5.69. The molecule has 0 unspecified atom stereocenters. The molecule has 0 aliphatic heterocycles. The van der Waals surface area contributed by atoms with E-state index in [2.05, 4.69) is 82.6 Å². The summed E-state index contributed by atoms with van der Waals surface area (Å²) in [6.07, 6.45) is 0. The molecule has 0 saturated heterocycles. The van der Waals surface area contributed by atoms with E-state index in [0.717, 1.165) is 10.2 Å². The van der Waals surface area contributed by atoms with Gasteiger partial charge in [-0.05, 0) is 47.3 Å². The predicted octanol–water partition coefficient (Wildman–Crippen LogP) is 6.31. The molecule has 0 heterocycles. The molecule has 108 valence electrons. The highest BCUT2D eigenvalue weighted by Gasteiger charge is 2.47. The molecule has 0 aliphatic carbocycles. The highest BCUT2D eigenvalue weighted by atomic mass is 79.9. The highest BCUT2D eigenvalue weighted by Crippen LogP contribution is 2.43. The van der Waals surface area contributed by atoms with Crippen LogP contribution in [0.2, 0.25) is 16.6 Å². The minimum Gasteiger partial charge on any atom is -0.543 e. The summed E-state index contributed by atoms with van der Waals surface area (Å²) in [7, 11) is -1.83. The summed E-state index contributed by atoms with van der Waals surface area (Å²) in [5.41, 5.74) is 3.04. The van der Waals surface area contributed by atoms with E-state index in [9.17, 15) is 0 Å². The first kappa shape index (κ1) is 16.8. The van der Waals surface area contributed by atoms with Crippen molar-refractivity contribution >= 4 is 24.2 Å². The van der Waals surface area contributed by atoms with E-state index in [-0.39, 0.29) is 0 Å². The van der Waals surface area contributed by atoms with Crippen LogP contribution in [0.25, 0.3) is 0 Å². The number of benzene rings is 1. The van der Waals surface area contributed by atoms with Gasteiger partial charge in [0, 0.05) is 4.47 Å². The molecule has 0 aliphatic rings. The second-order valence-corrected chi connectivity index (χ2v) is 12.6. The molecular formula is C16H27BrOSi. The van der Waals surface area contributed by atoms with Crippen LogP contribution in [0.1, 0.15) is 47.1 Å². The standard InChI is InChI=1S/C16H27BrOSi/c1-11(2)19(12(3)4,13(5)6)18-16-9-8-15(17)10-14(16)7/h8-13H,1-7H3. The summed E-state index contributed by atoms with van der Waals surface area (Å²) in [6.45, 7) is 16.0. The molecular weight excluding hydrogens is 316 g/mol. The van der Waals surface area contributed by atoms with Gasteiger partial charge in [-0.2, -0.15) is 0 Å².